The lowest BCUT2D eigenvalue weighted by Crippen LogP contribution is -2.33. The third-order valence-electron chi connectivity index (χ3n) is 4.73. The third kappa shape index (κ3) is 3.52. The molecule has 0 bridgehead atoms. The van der Waals surface area contributed by atoms with Crippen LogP contribution in [0.15, 0.2) is 64.9 Å². The second-order valence-electron chi connectivity index (χ2n) is 6.48. The van der Waals surface area contributed by atoms with Crippen LogP contribution in [0.1, 0.15) is 24.1 Å². The molecular formula is C21H16Cl2N2O3S. The molecule has 0 fully saturated rings. The highest BCUT2D eigenvalue weighted by Gasteiger charge is 2.39. The van der Waals surface area contributed by atoms with Gasteiger partial charge in [0, 0.05) is 16.7 Å². The molecule has 2 aliphatic heterocycles. The SMILES string of the molecule is COc1cccc([C@H]2C(C(=O)O)=C(C)N=C3SC(c4c(Cl)cccc4Cl)=CN32)c1. The van der Waals surface area contributed by atoms with E-state index >= 15 is 0 Å². The van der Waals surface area contributed by atoms with Gasteiger partial charge in [-0.15, -0.1) is 0 Å². The fourth-order valence-corrected chi connectivity index (χ4v) is 5.27. The summed E-state index contributed by atoms with van der Waals surface area (Å²) in [5.41, 5.74) is 2.17. The summed E-state index contributed by atoms with van der Waals surface area (Å²) in [5, 5.41) is 11.6. The minimum Gasteiger partial charge on any atom is -0.497 e. The highest BCUT2D eigenvalue weighted by molar-refractivity contribution is 8.22. The largest absolute Gasteiger partial charge is 0.497 e. The molecule has 29 heavy (non-hydrogen) atoms. The summed E-state index contributed by atoms with van der Waals surface area (Å²) in [5.74, 6) is -0.361. The number of aliphatic imine (C=N–C) groups is 1. The normalized spacial score (nSPS) is 18.3. The zero-order valence-corrected chi connectivity index (χ0v) is 17.8. The van der Waals surface area contributed by atoms with Crippen molar-refractivity contribution >= 4 is 51.0 Å². The Labute approximate surface area is 182 Å². The Bertz CT molecular complexity index is 1090. The van der Waals surface area contributed by atoms with E-state index in [2.05, 4.69) is 4.99 Å². The van der Waals surface area contributed by atoms with E-state index in [0.29, 0.717) is 32.2 Å². The number of amidine groups is 1. The number of benzene rings is 2. The molecule has 0 unspecified atom stereocenters. The number of ether oxygens (including phenoxy) is 1. The van der Waals surface area contributed by atoms with Gasteiger partial charge in [-0.1, -0.05) is 41.4 Å². The van der Waals surface area contributed by atoms with E-state index in [4.69, 9.17) is 27.9 Å². The lowest BCUT2D eigenvalue weighted by atomic mass is 9.94. The predicted molar refractivity (Wildman–Crippen MR) is 117 cm³/mol. The van der Waals surface area contributed by atoms with E-state index in [1.807, 2.05) is 35.4 Å². The highest BCUT2D eigenvalue weighted by atomic mass is 35.5. The quantitative estimate of drug-likeness (QED) is 0.640. The van der Waals surface area contributed by atoms with Crippen LogP contribution < -0.4 is 4.74 Å². The summed E-state index contributed by atoms with van der Waals surface area (Å²) < 4.78 is 5.33. The van der Waals surface area contributed by atoms with Crippen molar-refractivity contribution in [2.24, 2.45) is 4.99 Å². The summed E-state index contributed by atoms with van der Waals surface area (Å²) in [6.07, 6.45) is 1.86. The molecule has 8 heteroatoms. The van der Waals surface area contributed by atoms with Crippen molar-refractivity contribution in [2.45, 2.75) is 13.0 Å². The van der Waals surface area contributed by atoms with Gasteiger partial charge in [0.2, 0.25) is 0 Å². The van der Waals surface area contributed by atoms with Crippen LogP contribution in [0.3, 0.4) is 0 Å². The summed E-state index contributed by atoms with van der Waals surface area (Å²) in [6.45, 7) is 1.71. The molecule has 2 aromatic carbocycles. The highest BCUT2D eigenvalue weighted by Crippen LogP contribution is 2.48. The summed E-state index contributed by atoms with van der Waals surface area (Å²) in [6, 6.07) is 12.2. The maximum Gasteiger partial charge on any atom is 0.335 e. The smallest absolute Gasteiger partial charge is 0.335 e. The number of hydrogen-bond acceptors (Lipinski definition) is 5. The van der Waals surface area contributed by atoms with Crippen LogP contribution >= 0.6 is 35.0 Å². The van der Waals surface area contributed by atoms with Crippen LogP contribution in [0.5, 0.6) is 5.75 Å². The number of hydrogen-bond donors (Lipinski definition) is 1. The van der Waals surface area contributed by atoms with Gasteiger partial charge in [0.15, 0.2) is 5.17 Å². The molecule has 0 saturated carbocycles. The lowest BCUT2D eigenvalue weighted by molar-refractivity contribution is -0.133. The minimum atomic E-state index is -1.01. The van der Waals surface area contributed by atoms with Crippen molar-refractivity contribution in [3.8, 4) is 5.75 Å². The average molecular weight is 447 g/mol. The Hall–Kier alpha value is -2.41. The van der Waals surface area contributed by atoms with Crippen LogP contribution in [0.2, 0.25) is 10.0 Å². The number of carboxylic acid groups (broad SMARTS) is 1. The Morgan fingerprint density at radius 1 is 1.21 bits per heavy atom. The molecule has 0 saturated heterocycles. The standard InChI is InChI=1S/C21H16Cl2N2O3S/c1-11-17(20(26)27)19(12-5-3-6-13(9-12)28-2)25-10-16(29-21(25)24-11)18-14(22)7-4-8-15(18)23/h3-10,19H,1-2H3,(H,26,27)/t19-/m0/s1. The number of carbonyl (C=O) groups is 1. The summed E-state index contributed by atoms with van der Waals surface area (Å²) in [7, 11) is 1.58. The molecule has 0 aromatic heterocycles. The van der Waals surface area contributed by atoms with Gasteiger partial charge in [-0.3, -0.25) is 0 Å². The maximum atomic E-state index is 12.1. The van der Waals surface area contributed by atoms with Crippen molar-refractivity contribution in [1.82, 2.24) is 4.90 Å². The first-order chi connectivity index (χ1) is 13.9. The van der Waals surface area contributed by atoms with Crippen LogP contribution in [0.4, 0.5) is 0 Å². The molecule has 1 N–H and O–H groups in total. The minimum absolute atomic E-state index is 0.213. The fraction of sp³-hybridized carbons (Fsp3) is 0.143. The first-order valence-electron chi connectivity index (χ1n) is 8.69. The van der Waals surface area contributed by atoms with Crippen LogP contribution in [-0.4, -0.2) is 28.3 Å². The Morgan fingerprint density at radius 2 is 1.90 bits per heavy atom. The van der Waals surface area contributed by atoms with Gasteiger partial charge in [0.05, 0.1) is 34.5 Å². The molecule has 2 heterocycles. The van der Waals surface area contributed by atoms with Gasteiger partial charge in [-0.2, -0.15) is 0 Å². The van der Waals surface area contributed by atoms with Gasteiger partial charge in [-0.25, -0.2) is 9.79 Å². The third-order valence-corrected chi connectivity index (χ3v) is 6.38. The number of rotatable bonds is 4. The number of fused-ring (bicyclic) bond motifs is 1. The molecule has 0 amide bonds. The molecule has 4 rings (SSSR count). The lowest BCUT2D eigenvalue weighted by Gasteiger charge is -2.32. The number of thioether (sulfide) groups is 1. The second-order valence-corrected chi connectivity index (χ2v) is 8.30. The van der Waals surface area contributed by atoms with E-state index in [-0.39, 0.29) is 5.57 Å². The van der Waals surface area contributed by atoms with Crippen LogP contribution in [0.25, 0.3) is 4.91 Å². The Morgan fingerprint density at radius 3 is 2.55 bits per heavy atom. The first kappa shape index (κ1) is 19.9. The number of methoxy groups -OCH3 is 1. The molecule has 2 aromatic rings. The summed E-state index contributed by atoms with van der Waals surface area (Å²) in [4.78, 5) is 19.3. The van der Waals surface area contributed by atoms with Gasteiger partial charge in [0.1, 0.15) is 5.75 Å². The Balaban J connectivity index is 1.86. The second kappa shape index (κ2) is 7.78. The fourth-order valence-electron chi connectivity index (χ4n) is 3.42. The summed E-state index contributed by atoms with van der Waals surface area (Å²) >= 11 is 14.2. The molecule has 0 spiro atoms. The maximum absolute atomic E-state index is 12.1. The van der Waals surface area contributed by atoms with Gasteiger partial charge in [-0.05, 0) is 48.5 Å². The van der Waals surface area contributed by atoms with E-state index in [9.17, 15) is 9.90 Å². The topological polar surface area (TPSA) is 62.1 Å². The molecule has 0 aliphatic carbocycles. The molecule has 2 aliphatic rings. The molecule has 5 nitrogen and oxygen atoms in total. The number of aliphatic carboxylic acids is 1. The van der Waals surface area contributed by atoms with E-state index < -0.39 is 12.0 Å². The number of nitrogens with zero attached hydrogens (tertiary/aromatic N) is 2. The van der Waals surface area contributed by atoms with Crippen molar-refractivity contribution in [3.63, 3.8) is 0 Å². The van der Waals surface area contributed by atoms with Gasteiger partial charge >= 0.3 is 5.97 Å². The van der Waals surface area contributed by atoms with Crippen LogP contribution in [0, 0.1) is 0 Å². The van der Waals surface area contributed by atoms with E-state index in [1.54, 1.807) is 32.2 Å². The number of halogens is 2. The zero-order valence-electron chi connectivity index (χ0n) is 15.5. The van der Waals surface area contributed by atoms with Crippen molar-refractivity contribution in [1.29, 1.82) is 0 Å². The first-order valence-corrected chi connectivity index (χ1v) is 10.3. The molecule has 1 atom stereocenters. The van der Waals surface area contributed by atoms with Crippen LogP contribution in [-0.2, 0) is 4.79 Å². The van der Waals surface area contributed by atoms with Crippen molar-refractivity contribution in [2.75, 3.05) is 7.11 Å². The van der Waals surface area contributed by atoms with E-state index in [0.717, 1.165) is 10.5 Å². The molecule has 148 valence electrons. The van der Waals surface area contributed by atoms with E-state index in [1.165, 1.54) is 11.8 Å². The van der Waals surface area contributed by atoms with Gasteiger partial charge < -0.3 is 14.7 Å². The molecular weight excluding hydrogens is 431 g/mol. The van der Waals surface area contributed by atoms with Gasteiger partial charge in [0.25, 0.3) is 0 Å². The Kier molecular flexibility index (Phi) is 5.34. The predicted octanol–water partition coefficient (Wildman–Crippen LogP) is 5.82. The van der Waals surface area contributed by atoms with Crippen molar-refractivity contribution in [3.05, 3.63) is 81.1 Å². The monoisotopic (exact) mass is 446 g/mol. The number of allylic oxidation sites excluding steroid dienone is 1. The van der Waals surface area contributed by atoms with Crippen molar-refractivity contribution < 1.29 is 14.6 Å². The average Bonchev–Trinajstić information content (AvgIpc) is 3.09. The number of carboxylic acids is 1. The zero-order chi connectivity index (χ0) is 20.7. The molecule has 0 radical (unpaired) electrons.